The lowest BCUT2D eigenvalue weighted by Gasteiger charge is -2.16. The smallest absolute Gasteiger partial charge is 0.119 e. The first-order valence-electron chi connectivity index (χ1n) is 6.80. The minimum absolute atomic E-state index is 0.295. The molecule has 0 aliphatic rings. The van der Waals surface area contributed by atoms with Crippen molar-refractivity contribution in [1.29, 1.82) is 0 Å². The number of ether oxygens (including phenoxy) is 1. The number of likely N-dealkylation sites (N-methyl/N-ethyl adjacent to an activating group) is 1. The zero-order chi connectivity index (χ0) is 15.1. The molecule has 5 nitrogen and oxygen atoms in total. The maximum Gasteiger partial charge on any atom is 0.119 e. The molecule has 6 heteroatoms. The van der Waals surface area contributed by atoms with Crippen LogP contribution in [0, 0.1) is 0 Å². The lowest BCUT2D eigenvalue weighted by Crippen LogP contribution is -2.30. The van der Waals surface area contributed by atoms with Gasteiger partial charge in [-0.15, -0.1) is 11.3 Å². The minimum atomic E-state index is -0.484. The highest BCUT2D eigenvalue weighted by Crippen LogP contribution is 2.16. The predicted molar refractivity (Wildman–Crippen MR) is 85.9 cm³/mol. The second-order valence-electron chi connectivity index (χ2n) is 5.08. The highest BCUT2D eigenvalue weighted by atomic mass is 32.1. The van der Waals surface area contributed by atoms with E-state index in [-0.39, 0.29) is 0 Å². The van der Waals surface area contributed by atoms with Crippen molar-refractivity contribution >= 4 is 17.0 Å². The normalized spacial score (nSPS) is 12.4. The summed E-state index contributed by atoms with van der Waals surface area (Å²) >= 11 is 1.59. The summed E-state index contributed by atoms with van der Waals surface area (Å²) < 4.78 is 5.56. The van der Waals surface area contributed by atoms with E-state index in [1.807, 2.05) is 54.2 Å². The summed E-state index contributed by atoms with van der Waals surface area (Å²) in [5.74, 6) is 0.756. The molecule has 0 radical (unpaired) electrons. The Hall–Kier alpha value is -1.63. The van der Waals surface area contributed by atoms with E-state index < -0.39 is 6.10 Å². The highest BCUT2D eigenvalue weighted by Gasteiger charge is 2.06. The standard InChI is InChI=1S/C15H21N3O2S/c1-18(2)8-14(19)9-20-15-5-3-12(4-6-15)16-7-13-10-21-11-17-13/h3-6,10-11,14,16,19H,7-9H2,1-2H3. The van der Waals surface area contributed by atoms with Crippen LogP contribution >= 0.6 is 11.3 Å². The van der Waals surface area contributed by atoms with Gasteiger partial charge in [-0.25, -0.2) is 4.98 Å². The summed E-state index contributed by atoms with van der Waals surface area (Å²) in [5, 5.41) is 15.1. The van der Waals surface area contributed by atoms with Crippen LogP contribution in [-0.2, 0) is 6.54 Å². The second-order valence-corrected chi connectivity index (χ2v) is 5.80. The van der Waals surface area contributed by atoms with Gasteiger partial charge in [0.05, 0.1) is 17.7 Å². The average Bonchev–Trinajstić information content (AvgIpc) is 2.96. The molecule has 0 aliphatic carbocycles. The molecule has 2 aromatic rings. The van der Waals surface area contributed by atoms with Gasteiger partial charge in [0.25, 0.3) is 0 Å². The van der Waals surface area contributed by atoms with E-state index in [1.165, 1.54) is 0 Å². The molecule has 21 heavy (non-hydrogen) atoms. The number of hydrogen-bond acceptors (Lipinski definition) is 6. The van der Waals surface area contributed by atoms with Gasteiger partial charge < -0.3 is 20.1 Å². The minimum Gasteiger partial charge on any atom is -0.491 e. The van der Waals surface area contributed by atoms with Gasteiger partial charge in [-0.1, -0.05) is 0 Å². The maximum absolute atomic E-state index is 9.74. The molecule has 0 spiro atoms. The van der Waals surface area contributed by atoms with Gasteiger partial charge in [0.1, 0.15) is 18.5 Å². The summed E-state index contributed by atoms with van der Waals surface area (Å²) in [7, 11) is 3.85. The van der Waals surface area contributed by atoms with Crippen molar-refractivity contribution in [3.8, 4) is 5.75 Å². The average molecular weight is 307 g/mol. The number of nitrogens with zero attached hydrogens (tertiary/aromatic N) is 2. The van der Waals surface area contributed by atoms with Crippen LogP contribution in [0.1, 0.15) is 5.69 Å². The largest absolute Gasteiger partial charge is 0.491 e. The van der Waals surface area contributed by atoms with Gasteiger partial charge in [0, 0.05) is 17.6 Å². The molecule has 1 aromatic heterocycles. The van der Waals surface area contributed by atoms with E-state index in [9.17, 15) is 5.11 Å². The van der Waals surface area contributed by atoms with Crippen LogP contribution in [0.2, 0.25) is 0 Å². The number of nitrogens with one attached hydrogen (secondary N) is 1. The van der Waals surface area contributed by atoms with E-state index in [4.69, 9.17) is 4.74 Å². The number of hydrogen-bond donors (Lipinski definition) is 2. The van der Waals surface area contributed by atoms with Crippen molar-refractivity contribution in [3.05, 3.63) is 40.8 Å². The quantitative estimate of drug-likeness (QED) is 0.782. The molecule has 1 unspecified atom stereocenters. The molecule has 0 saturated heterocycles. The lowest BCUT2D eigenvalue weighted by atomic mass is 10.3. The summed E-state index contributed by atoms with van der Waals surface area (Å²) in [6.45, 7) is 1.60. The number of aromatic nitrogens is 1. The fourth-order valence-corrected chi connectivity index (χ4v) is 2.41. The Bertz CT molecular complexity index is 514. The number of rotatable bonds is 8. The lowest BCUT2D eigenvalue weighted by molar-refractivity contribution is 0.0831. The van der Waals surface area contributed by atoms with E-state index in [2.05, 4.69) is 10.3 Å². The molecule has 0 bridgehead atoms. The van der Waals surface area contributed by atoms with Crippen LogP contribution in [-0.4, -0.2) is 48.3 Å². The van der Waals surface area contributed by atoms with Crippen molar-refractivity contribution in [2.75, 3.05) is 32.6 Å². The molecule has 0 aliphatic heterocycles. The molecule has 114 valence electrons. The summed E-state index contributed by atoms with van der Waals surface area (Å²) in [5.41, 5.74) is 3.88. The molecular weight excluding hydrogens is 286 g/mol. The second kappa shape index (κ2) is 7.97. The van der Waals surface area contributed by atoms with Crippen molar-refractivity contribution < 1.29 is 9.84 Å². The number of anilines is 1. The van der Waals surface area contributed by atoms with E-state index in [1.54, 1.807) is 11.3 Å². The molecule has 1 heterocycles. The van der Waals surface area contributed by atoms with E-state index >= 15 is 0 Å². The first-order valence-corrected chi connectivity index (χ1v) is 7.74. The van der Waals surface area contributed by atoms with Crippen molar-refractivity contribution in [3.63, 3.8) is 0 Å². The molecule has 2 rings (SSSR count). The molecule has 0 fully saturated rings. The molecule has 1 atom stereocenters. The first-order chi connectivity index (χ1) is 10.1. The van der Waals surface area contributed by atoms with Crippen LogP contribution in [0.25, 0.3) is 0 Å². The summed E-state index contributed by atoms with van der Waals surface area (Å²) in [6, 6.07) is 7.71. The van der Waals surface area contributed by atoms with Gasteiger partial charge >= 0.3 is 0 Å². The Labute approximate surface area is 129 Å². The number of aliphatic hydroxyl groups excluding tert-OH is 1. The van der Waals surface area contributed by atoms with Crippen molar-refractivity contribution in [2.24, 2.45) is 0 Å². The Kier molecular flexibility index (Phi) is 5.98. The molecule has 0 saturated carbocycles. The Morgan fingerprint density at radius 1 is 1.33 bits per heavy atom. The third-order valence-corrected chi connectivity index (χ3v) is 3.46. The Morgan fingerprint density at radius 2 is 2.10 bits per heavy atom. The molecule has 1 aromatic carbocycles. The van der Waals surface area contributed by atoms with E-state index in [0.717, 1.165) is 17.1 Å². The first kappa shape index (κ1) is 15.8. The van der Waals surface area contributed by atoms with Gasteiger partial charge in [0.2, 0.25) is 0 Å². The van der Waals surface area contributed by atoms with Gasteiger partial charge in [-0.2, -0.15) is 0 Å². The predicted octanol–water partition coefficient (Wildman–Crippen LogP) is 2.06. The fourth-order valence-electron chi connectivity index (χ4n) is 1.85. The molecule has 2 N–H and O–H groups in total. The molecule has 0 amide bonds. The third kappa shape index (κ3) is 5.71. The van der Waals surface area contributed by atoms with Gasteiger partial charge in [0.15, 0.2) is 0 Å². The SMILES string of the molecule is CN(C)CC(O)COc1ccc(NCc2cscn2)cc1. The van der Waals surface area contributed by atoms with Crippen LogP contribution in [0.4, 0.5) is 5.69 Å². The molecular formula is C15H21N3O2S. The van der Waals surface area contributed by atoms with Crippen LogP contribution in [0.3, 0.4) is 0 Å². The van der Waals surface area contributed by atoms with Crippen LogP contribution in [0.15, 0.2) is 35.2 Å². The Morgan fingerprint density at radius 3 is 2.71 bits per heavy atom. The third-order valence-electron chi connectivity index (χ3n) is 2.83. The zero-order valence-electron chi connectivity index (χ0n) is 12.3. The topological polar surface area (TPSA) is 57.6 Å². The van der Waals surface area contributed by atoms with Gasteiger partial charge in [-0.05, 0) is 38.4 Å². The van der Waals surface area contributed by atoms with Crippen molar-refractivity contribution in [2.45, 2.75) is 12.6 Å². The number of aliphatic hydroxyl groups is 1. The Balaban J connectivity index is 1.76. The summed E-state index contributed by atoms with van der Waals surface area (Å²) in [6.07, 6.45) is -0.484. The van der Waals surface area contributed by atoms with Gasteiger partial charge in [-0.3, -0.25) is 0 Å². The van der Waals surface area contributed by atoms with E-state index in [0.29, 0.717) is 19.7 Å². The van der Waals surface area contributed by atoms with Crippen LogP contribution in [0.5, 0.6) is 5.75 Å². The maximum atomic E-state index is 9.74. The summed E-state index contributed by atoms with van der Waals surface area (Å²) in [4.78, 5) is 6.15. The fraction of sp³-hybridized carbons (Fsp3) is 0.400. The zero-order valence-corrected chi connectivity index (χ0v) is 13.1. The number of benzene rings is 1. The number of thiazole rings is 1. The highest BCUT2D eigenvalue weighted by molar-refractivity contribution is 7.07. The monoisotopic (exact) mass is 307 g/mol. The van der Waals surface area contributed by atoms with Crippen LogP contribution < -0.4 is 10.1 Å². The van der Waals surface area contributed by atoms with Crippen molar-refractivity contribution in [1.82, 2.24) is 9.88 Å².